The molecular formula is C18H29N5O2. The van der Waals surface area contributed by atoms with Gasteiger partial charge in [0.05, 0.1) is 17.4 Å². The first kappa shape index (κ1) is 19.2. The molecule has 0 unspecified atom stereocenters. The molecule has 1 fully saturated rings. The minimum Gasteiger partial charge on any atom is -0.353 e. The second kappa shape index (κ2) is 9.36. The van der Waals surface area contributed by atoms with Crippen LogP contribution in [0.25, 0.3) is 0 Å². The molecular weight excluding hydrogens is 318 g/mol. The van der Waals surface area contributed by atoms with E-state index >= 15 is 0 Å². The molecule has 7 heteroatoms. The van der Waals surface area contributed by atoms with E-state index in [1.165, 1.54) is 0 Å². The van der Waals surface area contributed by atoms with Gasteiger partial charge in [0, 0.05) is 46.2 Å². The minimum atomic E-state index is -0.0885. The molecule has 0 saturated carbocycles. The van der Waals surface area contributed by atoms with Gasteiger partial charge in [-0.2, -0.15) is 0 Å². The highest BCUT2D eigenvalue weighted by molar-refractivity contribution is 6.01. The lowest BCUT2D eigenvalue weighted by Gasteiger charge is -2.30. The maximum absolute atomic E-state index is 13.0. The number of rotatable bonds is 7. The van der Waals surface area contributed by atoms with Gasteiger partial charge >= 0.3 is 0 Å². The Labute approximate surface area is 149 Å². The Morgan fingerprint density at radius 2 is 2.04 bits per heavy atom. The van der Waals surface area contributed by atoms with Gasteiger partial charge in [-0.1, -0.05) is 20.3 Å². The molecule has 1 aliphatic rings. The molecule has 7 nitrogen and oxygen atoms in total. The summed E-state index contributed by atoms with van der Waals surface area (Å²) < 4.78 is 0. The van der Waals surface area contributed by atoms with Crippen LogP contribution in [0.1, 0.15) is 43.5 Å². The molecule has 1 aromatic rings. The third-order valence-electron chi connectivity index (χ3n) is 4.31. The number of nitrogens with zero attached hydrogens (tertiary/aromatic N) is 3. The predicted octanol–water partition coefficient (Wildman–Crippen LogP) is 1.71. The van der Waals surface area contributed by atoms with Crippen molar-refractivity contribution in [2.75, 3.05) is 50.0 Å². The molecule has 2 amide bonds. The van der Waals surface area contributed by atoms with Gasteiger partial charge in [0.2, 0.25) is 5.91 Å². The highest BCUT2D eigenvalue weighted by Crippen LogP contribution is 2.23. The van der Waals surface area contributed by atoms with Crippen molar-refractivity contribution in [1.29, 1.82) is 0 Å². The van der Waals surface area contributed by atoms with E-state index in [-0.39, 0.29) is 11.8 Å². The van der Waals surface area contributed by atoms with Crippen molar-refractivity contribution in [2.24, 2.45) is 0 Å². The number of anilines is 2. The summed E-state index contributed by atoms with van der Waals surface area (Å²) in [5.41, 5.74) is 1.12. The van der Waals surface area contributed by atoms with Gasteiger partial charge in [-0.05, 0) is 12.5 Å². The van der Waals surface area contributed by atoms with Crippen LogP contribution < -0.4 is 15.5 Å². The summed E-state index contributed by atoms with van der Waals surface area (Å²) in [7, 11) is 1.82. The first-order valence-electron chi connectivity index (χ1n) is 9.07. The van der Waals surface area contributed by atoms with Crippen molar-refractivity contribution in [2.45, 2.75) is 33.1 Å². The Morgan fingerprint density at radius 1 is 1.32 bits per heavy atom. The average Bonchev–Trinajstić information content (AvgIpc) is 2.66. The largest absolute Gasteiger partial charge is 0.353 e. The maximum atomic E-state index is 13.0. The highest BCUT2D eigenvalue weighted by Gasteiger charge is 2.23. The Balaban J connectivity index is 2.30. The van der Waals surface area contributed by atoms with E-state index in [4.69, 9.17) is 0 Å². The van der Waals surface area contributed by atoms with Crippen molar-refractivity contribution in [3.05, 3.63) is 17.8 Å². The van der Waals surface area contributed by atoms with Gasteiger partial charge in [0.1, 0.15) is 5.82 Å². The van der Waals surface area contributed by atoms with Gasteiger partial charge in [-0.3, -0.25) is 9.59 Å². The fourth-order valence-electron chi connectivity index (χ4n) is 2.76. The first-order valence-corrected chi connectivity index (χ1v) is 9.07. The Hall–Kier alpha value is -2.15. The van der Waals surface area contributed by atoms with E-state index in [9.17, 15) is 9.59 Å². The molecule has 1 aromatic heterocycles. The lowest BCUT2D eigenvalue weighted by Crippen LogP contribution is -2.45. The van der Waals surface area contributed by atoms with Crippen molar-refractivity contribution >= 4 is 23.3 Å². The number of carbonyl (C=O) groups is 2. The van der Waals surface area contributed by atoms with Crippen LogP contribution >= 0.6 is 0 Å². The molecule has 0 atom stereocenters. The third kappa shape index (κ3) is 5.16. The van der Waals surface area contributed by atoms with Crippen LogP contribution in [-0.4, -0.2) is 61.5 Å². The number of nitrogens with one attached hydrogen (secondary N) is 2. The lowest BCUT2D eigenvalue weighted by molar-refractivity contribution is -0.115. The van der Waals surface area contributed by atoms with Gasteiger partial charge in [0.25, 0.3) is 5.91 Å². The van der Waals surface area contributed by atoms with E-state index in [1.54, 1.807) is 24.1 Å². The van der Waals surface area contributed by atoms with E-state index in [0.717, 1.165) is 39.0 Å². The average molecular weight is 347 g/mol. The molecule has 138 valence electrons. The van der Waals surface area contributed by atoms with Crippen LogP contribution in [0.4, 0.5) is 11.5 Å². The molecule has 0 bridgehead atoms. The summed E-state index contributed by atoms with van der Waals surface area (Å²) >= 11 is 0. The topological polar surface area (TPSA) is 77.6 Å². The molecule has 2 N–H and O–H groups in total. The van der Waals surface area contributed by atoms with E-state index in [1.807, 2.05) is 7.05 Å². The standard InChI is InChI=1S/C18H29N5O2/c1-4-6-9-22(3)18(25)15-12-14(21-16(24)5-2)13-20-17(15)23-10-7-19-8-11-23/h12-13,19H,4-11H2,1-3H3,(H,21,24). The van der Waals surface area contributed by atoms with Crippen molar-refractivity contribution in [1.82, 2.24) is 15.2 Å². The number of carbonyl (C=O) groups excluding carboxylic acids is 2. The SMILES string of the molecule is CCCCN(C)C(=O)c1cc(NC(=O)CC)cnc1N1CCNCC1. The molecule has 1 aliphatic heterocycles. The molecule has 0 aliphatic carbocycles. The highest BCUT2D eigenvalue weighted by atomic mass is 16.2. The number of hydrogen-bond donors (Lipinski definition) is 2. The smallest absolute Gasteiger partial charge is 0.257 e. The third-order valence-corrected chi connectivity index (χ3v) is 4.31. The van der Waals surface area contributed by atoms with Crippen LogP contribution in [0.3, 0.4) is 0 Å². The van der Waals surface area contributed by atoms with Gasteiger partial charge < -0.3 is 20.4 Å². The van der Waals surface area contributed by atoms with Gasteiger partial charge in [-0.15, -0.1) is 0 Å². The molecule has 0 spiro atoms. The molecule has 0 aromatic carbocycles. The van der Waals surface area contributed by atoms with E-state index < -0.39 is 0 Å². The maximum Gasteiger partial charge on any atom is 0.257 e. The second-order valence-corrected chi connectivity index (χ2v) is 6.31. The Kier molecular flexibility index (Phi) is 7.18. The number of piperazine rings is 1. The molecule has 1 saturated heterocycles. The zero-order valence-electron chi connectivity index (χ0n) is 15.5. The lowest BCUT2D eigenvalue weighted by atomic mass is 10.1. The normalized spacial score (nSPS) is 14.3. The Bertz CT molecular complexity index is 599. The second-order valence-electron chi connectivity index (χ2n) is 6.31. The summed E-state index contributed by atoms with van der Waals surface area (Å²) in [5.74, 6) is 0.556. The molecule has 2 rings (SSSR count). The van der Waals surface area contributed by atoms with Crippen molar-refractivity contribution in [3.8, 4) is 0 Å². The quantitative estimate of drug-likeness (QED) is 0.785. The van der Waals surface area contributed by atoms with Crippen molar-refractivity contribution < 1.29 is 9.59 Å². The zero-order valence-corrected chi connectivity index (χ0v) is 15.5. The van der Waals surface area contributed by atoms with E-state index in [2.05, 4.69) is 27.4 Å². The fraction of sp³-hybridized carbons (Fsp3) is 0.611. The zero-order chi connectivity index (χ0) is 18.2. The van der Waals surface area contributed by atoms with Crippen LogP contribution in [0.15, 0.2) is 12.3 Å². The molecule has 2 heterocycles. The Morgan fingerprint density at radius 3 is 2.68 bits per heavy atom. The predicted molar refractivity (Wildman–Crippen MR) is 100 cm³/mol. The summed E-state index contributed by atoms with van der Waals surface area (Å²) in [6, 6.07) is 1.75. The fourth-order valence-corrected chi connectivity index (χ4v) is 2.76. The first-order chi connectivity index (χ1) is 12.1. The molecule has 25 heavy (non-hydrogen) atoms. The van der Waals surface area contributed by atoms with Gasteiger partial charge in [0.15, 0.2) is 0 Å². The summed E-state index contributed by atoms with van der Waals surface area (Å²) in [6.45, 7) is 7.97. The van der Waals surface area contributed by atoms with E-state index in [0.29, 0.717) is 30.0 Å². The summed E-state index contributed by atoms with van der Waals surface area (Å²) in [6.07, 6.45) is 4.02. The van der Waals surface area contributed by atoms with Gasteiger partial charge in [-0.25, -0.2) is 4.98 Å². The number of unbranched alkanes of at least 4 members (excludes halogenated alkanes) is 1. The van der Waals surface area contributed by atoms with Crippen molar-refractivity contribution in [3.63, 3.8) is 0 Å². The van der Waals surface area contributed by atoms with Crippen LogP contribution in [0, 0.1) is 0 Å². The number of hydrogen-bond acceptors (Lipinski definition) is 5. The minimum absolute atomic E-state index is 0.0536. The monoisotopic (exact) mass is 347 g/mol. The number of pyridine rings is 1. The number of amides is 2. The van der Waals surface area contributed by atoms with Crippen LogP contribution in [-0.2, 0) is 4.79 Å². The van der Waals surface area contributed by atoms with Crippen LogP contribution in [0.5, 0.6) is 0 Å². The molecule has 0 radical (unpaired) electrons. The summed E-state index contributed by atoms with van der Waals surface area (Å²) in [5, 5.41) is 6.10. The summed E-state index contributed by atoms with van der Waals surface area (Å²) in [4.78, 5) is 33.0. The van der Waals surface area contributed by atoms with Crippen LogP contribution in [0.2, 0.25) is 0 Å². The number of aromatic nitrogens is 1.